The van der Waals surface area contributed by atoms with Gasteiger partial charge in [-0.05, 0) is 24.3 Å². The SMILES string of the molecule is CCCS/C(Cl)=C(Cl)\C(=C(\Cl)SCCC)[N+](=O)[O-]. The first kappa shape index (κ1) is 18.4. The van der Waals surface area contributed by atoms with Gasteiger partial charge in [-0.25, -0.2) is 0 Å². The number of hydrogen-bond acceptors (Lipinski definition) is 4. The van der Waals surface area contributed by atoms with Crippen LogP contribution in [0.2, 0.25) is 0 Å². The van der Waals surface area contributed by atoms with Crippen molar-refractivity contribution in [3.8, 4) is 0 Å². The summed E-state index contributed by atoms with van der Waals surface area (Å²) >= 11 is 20.2. The van der Waals surface area contributed by atoms with Crippen molar-refractivity contribution < 1.29 is 4.92 Å². The minimum absolute atomic E-state index is 0.0714. The fraction of sp³-hybridized carbons (Fsp3) is 0.600. The highest BCUT2D eigenvalue weighted by Gasteiger charge is 2.24. The largest absolute Gasteiger partial charge is 0.314 e. The monoisotopic (exact) mass is 349 g/mol. The van der Waals surface area contributed by atoms with E-state index in [0.29, 0.717) is 5.75 Å². The molecule has 18 heavy (non-hydrogen) atoms. The Morgan fingerprint density at radius 1 is 1.06 bits per heavy atom. The van der Waals surface area contributed by atoms with Crippen LogP contribution in [-0.2, 0) is 0 Å². The van der Waals surface area contributed by atoms with E-state index in [1.165, 1.54) is 23.5 Å². The first-order valence-electron chi connectivity index (χ1n) is 5.31. The summed E-state index contributed by atoms with van der Waals surface area (Å²) in [6.07, 6.45) is 1.77. The highest BCUT2D eigenvalue weighted by Crippen LogP contribution is 2.36. The van der Waals surface area contributed by atoms with Gasteiger partial charge in [-0.1, -0.05) is 48.7 Å². The Kier molecular flexibility index (Phi) is 10.5. The van der Waals surface area contributed by atoms with Crippen LogP contribution in [0.1, 0.15) is 26.7 Å². The van der Waals surface area contributed by atoms with Gasteiger partial charge in [0.15, 0.2) is 4.36 Å². The Labute approximate surface area is 130 Å². The van der Waals surface area contributed by atoms with Crippen molar-refractivity contribution in [2.24, 2.45) is 0 Å². The Hall–Kier alpha value is 0.450. The number of hydrogen-bond donors (Lipinski definition) is 0. The number of nitro groups is 1. The smallest absolute Gasteiger partial charge is 0.258 e. The quantitative estimate of drug-likeness (QED) is 0.324. The third kappa shape index (κ3) is 6.57. The van der Waals surface area contributed by atoms with Crippen LogP contribution in [0.5, 0.6) is 0 Å². The number of rotatable bonds is 8. The summed E-state index contributed by atoms with van der Waals surface area (Å²) in [5.41, 5.74) is -0.314. The number of halogens is 3. The first-order chi connectivity index (χ1) is 8.45. The highest BCUT2D eigenvalue weighted by atomic mass is 35.5. The fourth-order valence-corrected chi connectivity index (χ4v) is 3.30. The molecule has 0 aromatic heterocycles. The van der Waals surface area contributed by atoms with Gasteiger partial charge in [-0.15, -0.1) is 23.5 Å². The Balaban J connectivity index is 5.16. The maximum absolute atomic E-state index is 11.0. The third-order valence-corrected chi connectivity index (χ3v) is 5.34. The predicted molar refractivity (Wildman–Crippen MR) is 84.1 cm³/mol. The molecule has 0 rings (SSSR count). The normalized spacial score (nSPS) is 14.1. The molecule has 0 radical (unpaired) electrons. The maximum Gasteiger partial charge on any atom is 0.314 e. The molecule has 0 aliphatic rings. The standard InChI is InChI=1S/C10H14Cl3NO2S2/c1-3-5-17-9(12)7(11)8(14(15)16)10(13)18-6-4-2/h3-6H2,1-2H3/b9-7+,10-8+. The molecular weight excluding hydrogens is 337 g/mol. The molecule has 0 saturated heterocycles. The number of nitrogens with zero attached hydrogens (tertiary/aromatic N) is 1. The number of thioether (sulfide) groups is 2. The van der Waals surface area contributed by atoms with Crippen molar-refractivity contribution in [3.05, 3.63) is 29.6 Å². The van der Waals surface area contributed by atoms with Crippen LogP contribution in [0.25, 0.3) is 0 Å². The van der Waals surface area contributed by atoms with Crippen LogP contribution in [0.3, 0.4) is 0 Å². The van der Waals surface area contributed by atoms with Crippen LogP contribution < -0.4 is 0 Å². The Bertz CT molecular complexity index is 359. The lowest BCUT2D eigenvalue weighted by Gasteiger charge is -2.04. The zero-order chi connectivity index (χ0) is 14.1. The molecule has 0 atom stereocenters. The van der Waals surface area contributed by atoms with Crippen molar-refractivity contribution in [2.75, 3.05) is 11.5 Å². The summed E-state index contributed by atoms with van der Waals surface area (Å²) in [4.78, 5) is 10.4. The average molecular weight is 351 g/mol. The van der Waals surface area contributed by atoms with Crippen LogP contribution in [0.15, 0.2) is 19.5 Å². The lowest BCUT2D eigenvalue weighted by atomic mass is 10.5. The molecule has 0 aromatic rings. The topological polar surface area (TPSA) is 43.1 Å². The summed E-state index contributed by atoms with van der Waals surface area (Å²) in [5, 5.41) is 10.9. The molecule has 8 heteroatoms. The van der Waals surface area contributed by atoms with E-state index in [0.717, 1.165) is 18.6 Å². The third-order valence-electron chi connectivity index (χ3n) is 1.62. The van der Waals surface area contributed by atoms with Crippen molar-refractivity contribution in [2.45, 2.75) is 26.7 Å². The van der Waals surface area contributed by atoms with Gasteiger partial charge in [0.2, 0.25) is 0 Å². The van der Waals surface area contributed by atoms with Gasteiger partial charge < -0.3 is 0 Å². The van der Waals surface area contributed by atoms with Gasteiger partial charge in [0, 0.05) is 0 Å². The highest BCUT2D eigenvalue weighted by molar-refractivity contribution is 8.05. The van der Waals surface area contributed by atoms with E-state index in [2.05, 4.69) is 0 Å². The van der Waals surface area contributed by atoms with E-state index in [-0.39, 0.29) is 19.5 Å². The van der Waals surface area contributed by atoms with E-state index in [1.54, 1.807) is 0 Å². The van der Waals surface area contributed by atoms with Gasteiger partial charge in [-0.2, -0.15) is 0 Å². The van der Waals surface area contributed by atoms with Crippen LogP contribution in [0, 0.1) is 10.1 Å². The molecular formula is C10H14Cl3NO2S2. The minimum Gasteiger partial charge on any atom is -0.258 e. The van der Waals surface area contributed by atoms with E-state index in [9.17, 15) is 10.1 Å². The molecule has 0 N–H and O–H groups in total. The molecule has 0 spiro atoms. The zero-order valence-corrected chi connectivity index (χ0v) is 13.9. The summed E-state index contributed by atoms with van der Waals surface area (Å²) in [5.74, 6) is 1.44. The molecule has 0 fully saturated rings. The fourth-order valence-electron chi connectivity index (χ4n) is 0.846. The molecule has 0 aromatic carbocycles. The second-order valence-corrected chi connectivity index (χ2v) is 6.96. The second kappa shape index (κ2) is 10.3. The van der Waals surface area contributed by atoms with Crippen LogP contribution >= 0.6 is 58.3 Å². The average Bonchev–Trinajstić information content (AvgIpc) is 2.32. The maximum atomic E-state index is 11.0. The molecule has 0 aliphatic carbocycles. The van der Waals surface area contributed by atoms with E-state index < -0.39 is 4.92 Å². The van der Waals surface area contributed by atoms with Crippen molar-refractivity contribution in [1.82, 2.24) is 0 Å². The van der Waals surface area contributed by atoms with Gasteiger partial charge >= 0.3 is 5.70 Å². The summed E-state index contributed by atoms with van der Waals surface area (Å²) in [6.45, 7) is 3.95. The summed E-state index contributed by atoms with van der Waals surface area (Å²) in [7, 11) is 0. The molecule has 104 valence electrons. The zero-order valence-electron chi connectivity index (χ0n) is 10.0. The first-order valence-corrected chi connectivity index (χ1v) is 8.41. The van der Waals surface area contributed by atoms with Gasteiger partial charge in [0.05, 0.1) is 9.29 Å². The summed E-state index contributed by atoms with van der Waals surface area (Å²) < 4.78 is 0.280. The molecule has 0 amide bonds. The van der Waals surface area contributed by atoms with E-state index >= 15 is 0 Å². The lowest BCUT2D eigenvalue weighted by molar-refractivity contribution is -0.419. The second-order valence-electron chi connectivity index (χ2n) is 3.16. The Morgan fingerprint density at radius 2 is 1.50 bits per heavy atom. The van der Waals surface area contributed by atoms with Crippen molar-refractivity contribution in [1.29, 1.82) is 0 Å². The predicted octanol–water partition coefficient (Wildman–Crippen LogP) is 5.60. The number of allylic oxidation sites excluding steroid dienone is 1. The van der Waals surface area contributed by atoms with Crippen molar-refractivity contribution >= 4 is 58.3 Å². The molecule has 0 bridgehead atoms. The van der Waals surface area contributed by atoms with E-state index in [1.807, 2.05) is 13.8 Å². The Morgan fingerprint density at radius 3 is 1.89 bits per heavy atom. The molecule has 0 unspecified atom stereocenters. The minimum atomic E-state index is -0.595. The van der Waals surface area contributed by atoms with Gasteiger partial charge in [-0.3, -0.25) is 10.1 Å². The van der Waals surface area contributed by atoms with Gasteiger partial charge in [0.25, 0.3) is 0 Å². The molecule has 0 saturated carbocycles. The van der Waals surface area contributed by atoms with Gasteiger partial charge in [0.1, 0.15) is 5.03 Å². The summed E-state index contributed by atoms with van der Waals surface area (Å²) in [6, 6.07) is 0. The van der Waals surface area contributed by atoms with Crippen LogP contribution in [0.4, 0.5) is 0 Å². The van der Waals surface area contributed by atoms with Crippen molar-refractivity contribution in [3.63, 3.8) is 0 Å². The molecule has 3 nitrogen and oxygen atoms in total. The molecule has 0 aliphatic heterocycles. The lowest BCUT2D eigenvalue weighted by Crippen LogP contribution is -2.01. The molecule has 0 heterocycles. The van der Waals surface area contributed by atoms with Crippen LogP contribution in [-0.4, -0.2) is 16.4 Å². The van der Waals surface area contributed by atoms with E-state index in [4.69, 9.17) is 34.8 Å².